The highest BCUT2D eigenvalue weighted by molar-refractivity contribution is 7.85. The molecule has 0 saturated heterocycles. The quantitative estimate of drug-likeness (QED) is 0.638. The van der Waals surface area contributed by atoms with Crippen LogP contribution in [0.1, 0.15) is 5.69 Å². The van der Waals surface area contributed by atoms with Gasteiger partial charge in [0.05, 0.1) is 11.2 Å². The first kappa shape index (κ1) is 7.62. The Labute approximate surface area is 61.7 Å². The third-order valence-corrected chi connectivity index (χ3v) is 2.08. The molecule has 1 rings (SSSR count). The van der Waals surface area contributed by atoms with Crippen molar-refractivity contribution in [2.24, 2.45) is 0 Å². The lowest BCUT2D eigenvalue weighted by Crippen LogP contribution is -1.95. The van der Waals surface area contributed by atoms with Gasteiger partial charge in [-0.05, 0) is 0 Å². The number of hydrogen-bond acceptors (Lipinski definition) is 4. The normalized spacial score (nSPS) is 11.7. The van der Waals surface area contributed by atoms with E-state index in [1.54, 1.807) is 0 Å². The second kappa shape index (κ2) is 2.63. The van der Waals surface area contributed by atoms with Crippen LogP contribution in [-0.2, 0) is 16.0 Å². The van der Waals surface area contributed by atoms with E-state index in [-0.39, 0.29) is 5.69 Å². The van der Waals surface area contributed by atoms with Gasteiger partial charge in [-0.2, -0.15) is 8.42 Å². The molecule has 6 heteroatoms. The molecule has 0 bridgehead atoms. The van der Waals surface area contributed by atoms with Crippen LogP contribution in [0.5, 0.6) is 0 Å². The number of nitrogens with zero attached hydrogens (tertiary/aromatic N) is 1. The fourth-order valence-corrected chi connectivity index (χ4v) is 1.66. The molecule has 1 aromatic rings. The Kier molecular flexibility index (Phi) is 2.00. The Balaban J connectivity index is 2.75. The van der Waals surface area contributed by atoms with Crippen molar-refractivity contribution in [3.63, 3.8) is 0 Å². The molecule has 0 fully saturated rings. The van der Waals surface area contributed by atoms with Crippen molar-refractivity contribution >= 4 is 21.6 Å². The van der Waals surface area contributed by atoms with Gasteiger partial charge in [0, 0.05) is 5.38 Å². The standard InChI is InChI=1S/C4H4FNO2S2/c5-10(7,8)2-4-1-9-3-6-4/h1,3H,2H2. The zero-order valence-electron chi connectivity index (χ0n) is 4.82. The van der Waals surface area contributed by atoms with Gasteiger partial charge >= 0.3 is 10.2 Å². The minimum Gasteiger partial charge on any atom is -0.249 e. The summed E-state index contributed by atoms with van der Waals surface area (Å²) in [4.78, 5) is 3.60. The average Bonchev–Trinajstić information content (AvgIpc) is 2.12. The van der Waals surface area contributed by atoms with Crippen LogP contribution in [0.2, 0.25) is 0 Å². The highest BCUT2D eigenvalue weighted by atomic mass is 32.3. The molecule has 3 nitrogen and oxygen atoms in total. The summed E-state index contributed by atoms with van der Waals surface area (Å²) in [5.74, 6) is -0.615. The van der Waals surface area contributed by atoms with Crippen molar-refractivity contribution in [2.45, 2.75) is 5.75 Å². The molecule has 1 heterocycles. The van der Waals surface area contributed by atoms with Gasteiger partial charge in [-0.25, -0.2) is 4.98 Å². The minimum atomic E-state index is -4.40. The van der Waals surface area contributed by atoms with Crippen LogP contribution in [-0.4, -0.2) is 13.4 Å². The van der Waals surface area contributed by atoms with E-state index in [1.165, 1.54) is 22.2 Å². The third kappa shape index (κ3) is 2.40. The lowest BCUT2D eigenvalue weighted by Gasteiger charge is -1.86. The smallest absolute Gasteiger partial charge is 0.249 e. The highest BCUT2D eigenvalue weighted by Crippen LogP contribution is 2.06. The molecule has 1 aromatic heterocycles. The SMILES string of the molecule is O=S(=O)(F)Cc1cscn1. The molecule has 0 unspecified atom stereocenters. The van der Waals surface area contributed by atoms with Crippen molar-refractivity contribution in [3.05, 3.63) is 16.6 Å². The van der Waals surface area contributed by atoms with Crippen LogP contribution in [0.25, 0.3) is 0 Å². The molecule has 0 saturated carbocycles. The van der Waals surface area contributed by atoms with Gasteiger partial charge in [0.2, 0.25) is 0 Å². The Bertz CT molecular complexity index is 291. The fraction of sp³-hybridized carbons (Fsp3) is 0.250. The van der Waals surface area contributed by atoms with Gasteiger partial charge in [-0.1, -0.05) is 0 Å². The van der Waals surface area contributed by atoms with Gasteiger partial charge in [-0.15, -0.1) is 15.2 Å². The summed E-state index contributed by atoms with van der Waals surface area (Å²) in [6.45, 7) is 0. The van der Waals surface area contributed by atoms with Gasteiger partial charge in [0.1, 0.15) is 5.75 Å². The topological polar surface area (TPSA) is 47.0 Å². The van der Waals surface area contributed by atoms with Gasteiger partial charge in [-0.3, -0.25) is 0 Å². The van der Waals surface area contributed by atoms with Crippen LogP contribution >= 0.6 is 11.3 Å². The van der Waals surface area contributed by atoms with E-state index in [0.29, 0.717) is 0 Å². The lowest BCUT2D eigenvalue weighted by atomic mass is 10.6. The molecule has 0 aliphatic carbocycles. The van der Waals surface area contributed by atoms with Crippen molar-refractivity contribution in [2.75, 3.05) is 0 Å². The zero-order valence-corrected chi connectivity index (χ0v) is 6.45. The number of thiazole rings is 1. The summed E-state index contributed by atoms with van der Waals surface area (Å²) in [5.41, 5.74) is 1.72. The summed E-state index contributed by atoms with van der Waals surface area (Å²) in [7, 11) is -4.40. The maximum absolute atomic E-state index is 11.9. The van der Waals surface area contributed by atoms with E-state index < -0.39 is 16.0 Å². The maximum atomic E-state index is 11.9. The molecule has 0 N–H and O–H groups in total. The number of aromatic nitrogens is 1. The highest BCUT2D eigenvalue weighted by Gasteiger charge is 2.09. The van der Waals surface area contributed by atoms with Crippen molar-refractivity contribution in [1.29, 1.82) is 0 Å². The number of rotatable bonds is 2. The second-order valence-electron chi connectivity index (χ2n) is 1.66. The lowest BCUT2D eigenvalue weighted by molar-refractivity contribution is 0.550. The van der Waals surface area contributed by atoms with E-state index in [0.717, 1.165) is 0 Å². The van der Waals surface area contributed by atoms with Crippen LogP contribution in [0.15, 0.2) is 10.9 Å². The second-order valence-corrected chi connectivity index (χ2v) is 3.75. The van der Waals surface area contributed by atoms with Crippen molar-refractivity contribution in [3.8, 4) is 0 Å². The molecular weight excluding hydrogens is 177 g/mol. The first-order chi connectivity index (χ1) is 4.58. The molecule has 0 aromatic carbocycles. The first-order valence-electron chi connectivity index (χ1n) is 2.37. The first-order valence-corrected chi connectivity index (χ1v) is 4.87. The zero-order chi connectivity index (χ0) is 7.61. The summed E-state index contributed by atoms with van der Waals surface area (Å²) in [6, 6.07) is 0. The molecule has 10 heavy (non-hydrogen) atoms. The number of hydrogen-bond donors (Lipinski definition) is 0. The van der Waals surface area contributed by atoms with Crippen molar-refractivity contribution < 1.29 is 12.3 Å². The van der Waals surface area contributed by atoms with Gasteiger partial charge in [0.25, 0.3) is 0 Å². The predicted octanol–water partition coefficient (Wildman–Crippen LogP) is 0.942. The van der Waals surface area contributed by atoms with E-state index in [9.17, 15) is 12.3 Å². The maximum Gasteiger partial charge on any atom is 0.308 e. The molecule has 56 valence electrons. The molecule has 0 aliphatic rings. The summed E-state index contributed by atoms with van der Waals surface area (Å²) in [5, 5.41) is 1.50. The molecule has 0 spiro atoms. The van der Waals surface area contributed by atoms with E-state index in [2.05, 4.69) is 4.98 Å². The van der Waals surface area contributed by atoms with Crippen LogP contribution in [0, 0.1) is 0 Å². The van der Waals surface area contributed by atoms with E-state index in [1.807, 2.05) is 0 Å². The Morgan fingerprint density at radius 1 is 1.70 bits per heavy atom. The van der Waals surface area contributed by atoms with Crippen molar-refractivity contribution in [1.82, 2.24) is 4.98 Å². The van der Waals surface area contributed by atoms with E-state index in [4.69, 9.17) is 0 Å². The number of halogens is 1. The Morgan fingerprint density at radius 2 is 2.40 bits per heavy atom. The van der Waals surface area contributed by atoms with Crippen LogP contribution in [0.4, 0.5) is 3.89 Å². The van der Waals surface area contributed by atoms with Gasteiger partial charge in [0.15, 0.2) is 0 Å². The summed E-state index contributed by atoms with van der Waals surface area (Å²) < 4.78 is 31.9. The molecule has 0 aliphatic heterocycles. The molecular formula is C4H4FNO2S2. The Hall–Kier alpha value is -0.490. The third-order valence-electron chi connectivity index (χ3n) is 0.804. The average molecular weight is 181 g/mol. The van der Waals surface area contributed by atoms with Gasteiger partial charge < -0.3 is 0 Å². The summed E-state index contributed by atoms with van der Waals surface area (Å²) >= 11 is 1.24. The molecule has 0 radical (unpaired) electrons. The Morgan fingerprint density at radius 3 is 2.80 bits per heavy atom. The monoisotopic (exact) mass is 181 g/mol. The van der Waals surface area contributed by atoms with Crippen LogP contribution in [0.3, 0.4) is 0 Å². The molecule has 0 atom stereocenters. The predicted molar refractivity (Wildman–Crippen MR) is 35.8 cm³/mol. The molecule has 0 amide bonds. The van der Waals surface area contributed by atoms with E-state index >= 15 is 0 Å². The fourth-order valence-electron chi connectivity index (χ4n) is 0.485. The largest absolute Gasteiger partial charge is 0.308 e. The van der Waals surface area contributed by atoms with Crippen LogP contribution < -0.4 is 0 Å². The summed E-state index contributed by atoms with van der Waals surface area (Å²) in [6.07, 6.45) is 0. The minimum absolute atomic E-state index is 0.257.